The van der Waals surface area contributed by atoms with Gasteiger partial charge in [-0.2, -0.15) is 4.68 Å². The molecule has 8 nitrogen and oxygen atoms in total. The molecule has 0 N–H and O–H groups in total. The molecule has 0 radical (unpaired) electrons. The van der Waals surface area contributed by atoms with Gasteiger partial charge in [0.2, 0.25) is 0 Å². The average Bonchev–Trinajstić information content (AvgIpc) is 3.07. The molecule has 0 aliphatic heterocycles. The average molecular weight is 359 g/mol. The second-order valence-corrected chi connectivity index (χ2v) is 6.39. The monoisotopic (exact) mass is 359 g/mol. The smallest absolute Gasteiger partial charge is 0.319 e. The van der Waals surface area contributed by atoms with Gasteiger partial charge >= 0.3 is 5.97 Å². The lowest BCUT2D eigenvalue weighted by molar-refractivity contribution is -0.142. The second-order valence-electron chi connectivity index (χ2n) is 5.06. The Kier molecular flexibility index (Phi) is 5.13. The van der Waals surface area contributed by atoms with Gasteiger partial charge in [0.05, 0.1) is 19.4 Å². The van der Waals surface area contributed by atoms with Crippen LogP contribution in [-0.2, 0) is 9.53 Å². The summed E-state index contributed by atoms with van der Waals surface area (Å²) >= 11 is 1.27. The van der Waals surface area contributed by atoms with Crippen LogP contribution in [0.15, 0.2) is 35.6 Å². The van der Waals surface area contributed by atoms with Crippen molar-refractivity contribution in [1.82, 2.24) is 25.0 Å². The molecule has 2 heterocycles. The summed E-state index contributed by atoms with van der Waals surface area (Å²) in [6, 6.07) is 7.40. The number of carbonyl (C=O) groups excluding carboxylic acids is 1. The van der Waals surface area contributed by atoms with E-state index in [-0.39, 0.29) is 5.97 Å². The predicted octanol–water partition coefficient (Wildman–Crippen LogP) is 2.26. The lowest BCUT2D eigenvalue weighted by Gasteiger charge is -2.09. The molecule has 25 heavy (non-hydrogen) atoms. The number of methoxy groups -OCH3 is 1. The highest BCUT2D eigenvalue weighted by atomic mass is 32.2. The van der Waals surface area contributed by atoms with Gasteiger partial charge in [-0.3, -0.25) is 4.79 Å². The van der Waals surface area contributed by atoms with E-state index in [0.29, 0.717) is 22.8 Å². The van der Waals surface area contributed by atoms with Crippen molar-refractivity contribution in [3.05, 3.63) is 30.6 Å². The standard InChI is InChI=1S/C16H17N5O3S/c1-4-24-16(22)10(2)25-15-13-14(17-9-18-15)21(20-19-13)11-5-7-12(23-3)8-6-11/h5-10H,4H2,1-3H3/t10-/m0/s1. The Morgan fingerprint density at radius 1 is 1.28 bits per heavy atom. The fourth-order valence-electron chi connectivity index (χ4n) is 2.19. The zero-order valence-electron chi connectivity index (χ0n) is 14.0. The van der Waals surface area contributed by atoms with E-state index in [1.54, 1.807) is 25.6 Å². The summed E-state index contributed by atoms with van der Waals surface area (Å²) in [6.45, 7) is 3.89. The Bertz CT molecular complexity index is 881. The Morgan fingerprint density at radius 2 is 2.04 bits per heavy atom. The molecule has 0 saturated heterocycles. The first-order valence-electron chi connectivity index (χ1n) is 7.68. The first-order chi connectivity index (χ1) is 12.1. The summed E-state index contributed by atoms with van der Waals surface area (Å²) in [5.41, 5.74) is 1.91. The van der Waals surface area contributed by atoms with Gasteiger partial charge in [-0.1, -0.05) is 17.0 Å². The normalized spacial score (nSPS) is 12.1. The van der Waals surface area contributed by atoms with Crippen molar-refractivity contribution in [2.45, 2.75) is 24.1 Å². The van der Waals surface area contributed by atoms with Crippen LogP contribution in [0, 0.1) is 0 Å². The highest BCUT2D eigenvalue weighted by Gasteiger charge is 2.20. The first-order valence-corrected chi connectivity index (χ1v) is 8.56. The van der Waals surface area contributed by atoms with E-state index < -0.39 is 5.25 Å². The van der Waals surface area contributed by atoms with Crippen LogP contribution in [-0.4, -0.2) is 49.9 Å². The molecule has 0 aliphatic rings. The highest BCUT2D eigenvalue weighted by Crippen LogP contribution is 2.28. The summed E-state index contributed by atoms with van der Waals surface area (Å²) < 4.78 is 11.8. The van der Waals surface area contributed by atoms with Crippen LogP contribution in [0.5, 0.6) is 5.75 Å². The second kappa shape index (κ2) is 7.47. The molecule has 1 atom stereocenters. The van der Waals surface area contributed by atoms with Gasteiger partial charge in [0.15, 0.2) is 11.2 Å². The summed E-state index contributed by atoms with van der Waals surface area (Å²) in [4.78, 5) is 20.3. The maximum absolute atomic E-state index is 11.8. The molecule has 0 amide bonds. The van der Waals surface area contributed by atoms with Gasteiger partial charge in [-0.05, 0) is 38.1 Å². The lowest BCUT2D eigenvalue weighted by Crippen LogP contribution is -2.16. The van der Waals surface area contributed by atoms with Gasteiger partial charge in [0, 0.05) is 0 Å². The fraction of sp³-hybridized carbons (Fsp3) is 0.312. The Labute approximate surface area is 148 Å². The van der Waals surface area contributed by atoms with Crippen molar-refractivity contribution in [1.29, 1.82) is 0 Å². The minimum Gasteiger partial charge on any atom is -0.497 e. The summed E-state index contributed by atoms with van der Waals surface area (Å²) in [5, 5.41) is 8.53. The van der Waals surface area contributed by atoms with Crippen LogP contribution >= 0.6 is 11.8 Å². The van der Waals surface area contributed by atoms with Gasteiger partial charge in [-0.25, -0.2) is 9.97 Å². The minimum atomic E-state index is -0.399. The predicted molar refractivity (Wildman–Crippen MR) is 93.0 cm³/mol. The Balaban J connectivity index is 1.93. The Morgan fingerprint density at radius 3 is 2.72 bits per heavy atom. The van der Waals surface area contributed by atoms with Crippen LogP contribution in [0.4, 0.5) is 0 Å². The molecule has 0 fully saturated rings. The van der Waals surface area contributed by atoms with Gasteiger partial charge < -0.3 is 9.47 Å². The fourth-order valence-corrected chi connectivity index (χ4v) is 3.04. The molecule has 0 unspecified atom stereocenters. The maximum atomic E-state index is 11.8. The third-order valence-electron chi connectivity index (χ3n) is 3.43. The number of aromatic nitrogens is 5. The van der Waals surface area contributed by atoms with Crippen molar-refractivity contribution in [2.24, 2.45) is 0 Å². The van der Waals surface area contributed by atoms with Crippen molar-refractivity contribution < 1.29 is 14.3 Å². The van der Waals surface area contributed by atoms with Crippen molar-refractivity contribution in [3.8, 4) is 11.4 Å². The number of fused-ring (bicyclic) bond motifs is 1. The number of thioether (sulfide) groups is 1. The molecule has 0 saturated carbocycles. The molecular weight excluding hydrogens is 342 g/mol. The van der Waals surface area contributed by atoms with Crippen molar-refractivity contribution >= 4 is 28.9 Å². The van der Waals surface area contributed by atoms with Crippen LogP contribution in [0.2, 0.25) is 0 Å². The largest absolute Gasteiger partial charge is 0.497 e. The van der Waals surface area contributed by atoms with E-state index in [9.17, 15) is 4.79 Å². The number of benzene rings is 1. The third kappa shape index (κ3) is 3.55. The van der Waals surface area contributed by atoms with E-state index in [1.807, 2.05) is 24.3 Å². The summed E-state index contributed by atoms with van der Waals surface area (Å²) in [6.07, 6.45) is 1.44. The van der Waals surface area contributed by atoms with Crippen LogP contribution in [0.25, 0.3) is 16.9 Å². The molecule has 0 aliphatic carbocycles. The molecule has 0 spiro atoms. The number of esters is 1. The molecule has 130 valence electrons. The van der Waals surface area contributed by atoms with E-state index >= 15 is 0 Å². The van der Waals surface area contributed by atoms with E-state index in [0.717, 1.165) is 11.4 Å². The van der Waals surface area contributed by atoms with Gasteiger partial charge in [0.25, 0.3) is 0 Å². The number of hydrogen-bond acceptors (Lipinski definition) is 8. The molecule has 3 rings (SSSR count). The minimum absolute atomic E-state index is 0.290. The highest BCUT2D eigenvalue weighted by molar-refractivity contribution is 8.00. The van der Waals surface area contributed by atoms with Gasteiger partial charge in [-0.15, -0.1) is 5.10 Å². The lowest BCUT2D eigenvalue weighted by atomic mass is 10.3. The van der Waals surface area contributed by atoms with E-state index in [2.05, 4.69) is 20.3 Å². The molecule has 9 heteroatoms. The van der Waals surface area contributed by atoms with Gasteiger partial charge in [0.1, 0.15) is 22.4 Å². The molecule has 0 bridgehead atoms. The summed E-state index contributed by atoms with van der Waals surface area (Å²) in [7, 11) is 1.61. The topological polar surface area (TPSA) is 92.0 Å². The van der Waals surface area contributed by atoms with Crippen LogP contribution < -0.4 is 4.74 Å². The SMILES string of the molecule is CCOC(=O)[C@H](C)Sc1ncnc2c1nnn2-c1ccc(OC)cc1. The van der Waals surface area contributed by atoms with E-state index in [4.69, 9.17) is 9.47 Å². The molecule has 1 aromatic carbocycles. The van der Waals surface area contributed by atoms with E-state index in [1.165, 1.54) is 18.1 Å². The molecule has 2 aromatic heterocycles. The van der Waals surface area contributed by atoms with Crippen molar-refractivity contribution in [2.75, 3.05) is 13.7 Å². The number of carbonyl (C=O) groups is 1. The number of rotatable bonds is 6. The first kappa shape index (κ1) is 17.2. The zero-order chi connectivity index (χ0) is 17.8. The van der Waals surface area contributed by atoms with Crippen molar-refractivity contribution in [3.63, 3.8) is 0 Å². The number of ether oxygens (including phenoxy) is 2. The third-order valence-corrected chi connectivity index (χ3v) is 4.50. The molecular formula is C16H17N5O3S. The number of nitrogens with zero attached hydrogens (tertiary/aromatic N) is 5. The zero-order valence-corrected chi connectivity index (χ0v) is 14.9. The maximum Gasteiger partial charge on any atom is 0.319 e. The van der Waals surface area contributed by atoms with Crippen LogP contribution in [0.1, 0.15) is 13.8 Å². The quantitative estimate of drug-likeness (QED) is 0.376. The summed E-state index contributed by atoms with van der Waals surface area (Å²) in [5.74, 6) is 0.462. The molecule has 3 aromatic rings. The Hall–Kier alpha value is -2.68. The van der Waals surface area contributed by atoms with Crippen LogP contribution in [0.3, 0.4) is 0 Å². The number of hydrogen-bond donors (Lipinski definition) is 0.